The smallest absolute Gasteiger partial charge is 0.243 e. The van der Waals surface area contributed by atoms with Crippen molar-refractivity contribution in [3.8, 4) is 5.75 Å². The molecule has 1 saturated heterocycles. The number of rotatable bonds is 3. The fourth-order valence-corrected chi connectivity index (χ4v) is 4.18. The molecular formula is C13H20N2O3S. The highest BCUT2D eigenvalue weighted by atomic mass is 32.2. The lowest BCUT2D eigenvalue weighted by atomic mass is 10.1. The molecule has 0 spiro atoms. The third-order valence-electron chi connectivity index (χ3n) is 3.50. The molecule has 0 aromatic heterocycles. The molecular weight excluding hydrogens is 264 g/mol. The molecule has 1 aromatic carbocycles. The Balaban J connectivity index is 2.44. The van der Waals surface area contributed by atoms with Crippen LogP contribution in [0.15, 0.2) is 17.0 Å². The Morgan fingerprint density at radius 3 is 2.53 bits per heavy atom. The average Bonchev–Trinajstić information content (AvgIpc) is 2.79. The molecule has 0 radical (unpaired) electrons. The van der Waals surface area contributed by atoms with Gasteiger partial charge in [-0.2, -0.15) is 4.31 Å². The van der Waals surface area contributed by atoms with Gasteiger partial charge < -0.3 is 10.5 Å². The molecule has 106 valence electrons. The summed E-state index contributed by atoms with van der Waals surface area (Å²) in [5.41, 5.74) is 7.30. The van der Waals surface area contributed by atoms with Crippen LogP contribution in [0.4, 0.5) is 0 Å². The van der Waals surface area contributed by atoms with Crippen molar-refractivity contribution in [1.82, 2.24) is 4.31 Å². The molecule has 0 aliphatic carbocycles. The molecule has 6 heteroatoms. The third-order valence-corrected chi connectivity index (χ3v) is 5.50. The van der Waals surface area contributed by atoms with E-state index in [2.05, 4.69) is 0 Å². The number of benzene rings is 1. The molecule has 5 nitrogen and oxygen atoms in total. The van der Waals surface area contributed by atoms with Gasteiger partial charge in [-0.25, -0.2) is 8.42 Å². The molecule has 0 amide bonds. The van der Waals surface area contributed by atoms with Gasteiger partial charge in [-0.05, 0) is 43.5 Å². The lowest BCUT2D eigenvalue weighted by Gasteiger charge is -2.18. The molecule has 1 atom stereocenters. The molecule has 1 fully saturated rings. The lowest BCUT2D eigenvalue weighted by Crippen LogP contribution is -2.32. The second-order valence-corrected chi connectivity index (χ2v) is 6.91. The van der Waals surface area contributed by atoms with E-state index in [0.29, 0.717) is 35.7 Å². The largest absolute Gasteiger partial charge is 0.496 e. The number of hydrogen-bond donors (Lipinski definition) is 1. The normalized spacial score (nSPS) is 20.7. The number of ether oxygens (including phenoxy) is 1. The Bertz CT molecular complexity index is 584. The van der Waals surface area contributed by atoms with Crippen LogP contribution < -0.4 is 10.5 Å². The molecule has 19 heavy (non-hydrogen) atoms. The number of aryl methyl sites for hydroxylation is 2. The first-order valence-corrected chi connectivity index (χ1v) is 7.71. The summed E-state index contributed by atoms with van der Waals surface area (Å²) < 4.78 is 31.8. The fourth-order valence-electron chi connectivity index (χ4n) is 2.37. The summed E-state index contributed by atoms with van der Waals surface area (Å²) in [6.45, 7) is 4.51. The average molecular weight is 284 g/mol. The number of methoxy groups -OCH3 is 1. The van der Waals surface area contributed by atoms with Crippen LogP contribution in [0, 0.1) is 13.8 Å². The number of nitrogens with zero attached hydrogens (tertiary/aromatic N) is 1. The van der Waals surface area contributed by atoms with Gasteiger partial charge in [-0.3, -0.25) is 0 Å². The second kappa shape index (κ2) is 5.11. The summed E-state index contributed by atoms with van der Waals surface area (Å²) in [7, 11) is -1.87. The number of hydrogen-bond acceptors (Lipinski definition) is 4. The van der Waals surface area contributed by atoms with Gasteiger partial charge in [0, 0.05) is 19.1 Å². The van der Waals surface area contributed by atoms with Gasteiger partial charge in [0.2, 0.25) is 10.0 Å². The van der Waals surface area contributed by atoms with Crippen LogP contribution in [0.2, 0.25) is 0 Å². The number of sulfonamides is 1. The van der Waals surface area contributed by atoms with Gasteiger partial charge in [0.15, 0.2) is 0 Å². The van der Waals surface area contributed by atoms with Crippen LogP contribution >= 0.6 is 0 Å². The quantitative estimate of drug-likeness (QED) is 0.900. The zero-order valence-electron chi connectivity index (χ0n) is 11.5. The summed E-state index contributed by atoms with van der Waals surface area (Å²) >= 11 is 0. The van der Waals surface area contributed by atoms with Gasteiger partial charge in [-0.1, -0.05) is 0 Å². The summed E-state index contributed by atoms with van der Waals surface area (Å²) in [5.74, 6) is 0.703. The van der Waals surface area contributed by atoms with E-state index >= 15 is 0 Å². The van der Waals surface area contributed by atoms with Crippen LogP contribution in [0.1, 0.15) is 17.5 Å². The second-order valence-electron chi connectivity index (χ2n) is 5.00. The molecule has 1 aliphatic rings. The zero-order chi connectivity index (χ0) is 14.2. The minimum Gasteiger partial charge on any atom is -0.496 e. The van der Waals surface area contributed by atoms with Crippen LogP contribution in [0.3, 0.4) is 0 Å². The van der Waals surface area contributed by atoms with Gasteiger partial charge in [0.05, 0.1) is 12.0 Å². The van der Waals surface area contributed by atoms with Crippen LogP contribution in [-0.2, 0) is 10.0 Å². The van der Waals surface area contributed by atoms with E-state index in [0.717, 1.165) is 5.56 Å². The Morgan fingerprint density at radius 2 is 2.00 bits per heavy atom. The van der Waals surface area contributed by atoms with Crippen molar-refractivity contribution in [2.45, 2.75) is 31.2 Å². The molecule has 0 saturated carbocycles. The Hall–Kier alpha value is -1.11. The SMILES string of the molecule is COc1cc(C)c(S(=O)(=O)N2CCC(N)C2)cc1C. The topological polar surface area (TPSA) is 72.6 Å². The van der Waals surface area contributed by atoms with Gasteiger partial charge in [0.1, 0.15) is 5.75 Å². The maximum Gasteiger partial charge on any atom is 0.243 e. The molecule has 1 aliphatic heterocycles. The van der Waals surface area contributed by atoms with E-state index in [9.17, 15) is 8.42 Å². The molecule has 1 unspecified atom stereocenters. The van der Waals surface area contributed by atoms with Crippen molar-refractivity contribution in [2.24, 2.45) is 5.73 Å². The van der Waals surface area contributed by atoms with E-state index < -0.39 is 10.0 Å². The molecule has 0 bridgehead atoms. The van der Waals surface area contributed by atoms with E-state index in [4.69, 9.17) is 10.5 Å². The number of nitrogens with two attached hydrogens (primary N) is 1. The Labute approximate surface area is 114 Å². The summed E-state index contributed by atoms with van der Waals surface area (Å²) in [5, 5.41) is 0. The van der Waals surface area contributed by atoms with E-state index in [-0.39, 0.29) is 6.04 Å². The third kappa shape index (κ3) is 2.61. The van der Waals surface area contributed by atoms with Crippen LogP contribution in [0.5, 0.6) is 5.75 Å². The van der Waals surface area contributed by atoms with Crippen molar-refractivity contribution in [2.75, 3.05) is 20.2 Å². The highest BCUT2D eigenvalue weighted by Gasteiger charge is 2.32. The highest BCUT2D eigenvalue weighted by molar-refractivity contribution is 7.89. The molecule has 1 heterocycles. The first-order valence-electron chi connectivity index (χ1n) is 6.27. The van der Waals surface area contributed by atoms with Gasteiger partial charge in [-0.15, -0.1) is 0 Å². The van der Waals surface area contributed by atoms with Crippen LogP contribution in [-0.4, -0.2) is 39.0 Å². The summed E-state index contributed by atoms with van der Waals surface area (Å²) in [4.78, 5) is 0.347. The van der Waals surface area contributed by atoms with Gasteiger partial charge >= 0.3 is 0 Å². The molecule has 1 aromatic rings. The van der Waals surface area contributed by atoms with Crippen molar-refractivity contribution in [1.29, 1.82) is 0 Å². The Kier molecular flexibility index (Phi) is 3.85. The predicted molar refractivity (Wildman–Crippen MR) is 73.8 cm³/mol. The van der Waals surface area contributed by atoms with Crippen molar-refractivity contribution in [3.63, 3.8) is 0 Å². The van der Waals surface area contributed by atoms with Crippen LogP contribution in [0.25, 0.3) is 0 Å². The van der Waals surface area contributed by atoms with Crippen molar-refractivity contribution in [3.05, 3.63) is 23.3 Å². The van der Waals surface area contributed by atoms with E-state index in [1.165, 1.54) is 4.31 Å². The highest BCUT2D eigenvalue weighted by Crippen LogP contribution is 2.29. The fraction of sp³-hybridized carbons (Fsp3) is 0.538. The van der Waals surface area contributed by atoms with E-state index in [1.807, 2.05) is 6.92 Å². The zero-order valence-corrected chi connectivity index (χ0v) is 12.3. The lowest BCUT2D eigenvalue weighted by molar-refractivity contribution is 0.410. The first kappa shape index (κ1) is 14.3. The monoisotopic (exact) mass is 284 g/mol. The van der Waals surface area contributed by atoms with Crippen molar-refractivity contribution < 1.29 is 13.2 Å². The molecule has 2 N–H and O–H groups in total. The van der Waals surface area contributed by atoms with Crippen molar-refractivity contribution >= 4 is 10.0 Å². The van der Waals surface area contributed by atoms with E-state index in [1.54, 1.807) is 26.2 Å². The Morgan fingerprint density at radius 1 is 1.32 bits per heavy atom. The summed E-state index contributed by atoms with van der Waals surface area (Å²) in [6, 6.07) is 3.38. The maximum absolute atomic E-state index is 12.6. The maximum atomic E-state index is 12.6. The molecule has 2 rings (SSSR count). The van der Waals surface area contributed by atoms with Gasteiger partial charge in [0.25, 0.3) is 0 Å². The minimum atomic E-state index is -3.45. The first-order chi connectivity index (χ1) is 8.86. The predicted octanol–water partition coefficient (Wildman–Crippen LogP) is 1.03. The minimum absolute atomic E-state index is 0.0607. The summed E-state index contributed by atoms with van der Waals surface area (Å²) in [6.07, 6.45) is 0.716. The standard InChI is InChI=1S/C13H20N2O3S/c1-9-7-13(10(2)6-12(9)18-3)19(16,17)15-5-4-11(14)8-15/h6-7,11H,4-5,8,14H2,1-3H3.